The fourth-order valence-electron chi connectivity index (χ4n) is 3.28. The van der Waals surface area contributed by atoms with Gasteiger partial charge in [-0.1, -0.05) is 29.8 Å². The highest BCUT2D eigenvalue weighted by atomic mass is 35.5. The van der Waals surface area contributed by atoms with Gasteiger partial charge in [0.25, 0.3) is 0 Å². The zero-order valence-corrected chi connectivity index (χ0v) is 16.4. The van der Waals surface area contributed by atoms with Crippen molar-refractivity contribution in [2.24, 2.45) is 0 Å². The third-order valence-corrected chi connectivity index (χ3v) is 5.09. The summed E-state index contributed by atoms with van der Waals surface area (Å²) in [7, 11) is 0. The first-order valence-corrected chi connectivity index (χ1v) is 9.71. The van der Waals surface area contributed by atoms with Gasteiger partial charge in [-0.15, -0.1) is 6.58 Å². The number of urea groups is 1. The zero-order chi connectivity index (χ0) is 19.9. The molecule has 1 fully saturated rings. The van der Waals surface area contributed by atoms with Crippen molar-refractivity contribution in [1.82, 2.24) is 14.7 Å². The second-order valence-corrected chi connectivity index (χ2v) is 7.07. The van der Waals surface area contributed by atoms with Crippen LogP contribution in [0.2, 0.25) is 5.02 Å². The van der Waals surface area contributed by atoms with Gasteiger partial charge in [-0.05, 0) is 31.4 Å². The van der Waals surface area contributed by atoms with Gasteiger partial charge in [-0.3, -0.25) is 10.1 Å². The fourth-order valence-corrected chi connectivity index (χ4v) is 3.46. The molecule has 0 atom stereocenters. The Morgan fingerprint density at radius 2 is 1.96 bits per heavy atom. The standard InChI is InChI=1S/C20H24ClN5O2/c1-2-3-8-19(27)25-13-10-15(11-14-25)26-18(9-12-22-26)24-20(28)23-17-7-5-4-6-16(17)21/h2,4-7,9,12,15H,1,3,8,10-11,13-14H2,(H2,23,24,28). The number of amides is 3. The number of hydrogen-bond acceptors (Lipinski definition) is 3. The number of nitrogens with zero attached hydrogens (tertiary/aromatic N) is 3. The average Bonchev–Trinajstić information content (AvgIpc) is 3.16. The molecule has 0 unspecified atom stereocenters. The predicted octanol–water partition coefficient (Wildman–Crippen LogP) is 4.31. The number of hydrogen-bond donors (Lipinski definition) is 2. The molecule has 8 heteroatoms. The van der Waals surface area contributed by atoms with E-state index in [0.29, 0.717) is 42.5 Å². The molecule has 0 radical (unpaired) electrons. The Hall–Kier alpha value is -2.80. The van der Waals surface area contributed by atoms with Gasteiger partial charge >= 0.3 is 6.03 Å². The third-order valence-electron chi connectivity index (χ3n) is 4.76. The number of carbonyl (C=O) groups is 2. The summed E-state index contributed by atoms with van der Waals surface area (Å²) in [6, 6.07) is 8.56. The first kappa shape index (κ1) is 19.9. The minimum atomic E-state index is -0.383. The van der Waals surface area contributed by atoms with Crippen molar-refractivity contribution in [3.05, 3.63) is 54.2 Å². The van der Waals surface area contributed by atoms with Gasteiger partial charge in [0.1, 0.15) is 5.82 Å². The summed E-state index contributed by atoms with van der Waals surface area (Å²) in [6.07, 6.45) is 6.22. The molecule has 1 saturated heterocycles. The average molecular weight is 402 g/mol. The molecule has 0 aliphatic carbocycles. The molecule has 1 aromatic carbocycles. The lowest BCUT2D eigenvalue weighted by Crippen LogP contribution is -2.39. The van der Waals surface area contributed by atoms with Crippen molar-refractivity contribution in [1.29, 1.82) is 0 Å². The Labute approximate surface area is 169 Å². The maximum atomic E-state index is 12.3. The summed E-state index contributed by atoms with van der Waals surface area (Å²) < 4.78 is 1.82. The van der Waals surface area contributed by atoms with E-state index >= 15 is 0 Å². The molecule has 2 aromatic rings. The van der Waals surface area contributed by atoms with Crippen LogP contribution in [0.5, 0.6) is 0 Å². The smallest absolute Gasteiger partial charge is 0.324 e. The van der Waals surface area contributed by atoms with E-state index < -0.39 is 0 Å². The maximum absolute atomic E-state index is 12.3. The molecule has 1 aliphatic heterocycles. The molecule has 28 heavy (non-hydrogen) atoms. The Morgan fingerprint density at radius 1 is 1.21 bits per heavy atom. The van der Waals surface area contributed by atoms with Gasteiger partial charge in [0, 0.05) is 25.6 Å². The molecular formula is C20H24ClN5O2. The van der Waals surface area contributed by atoms with Gasteiger partial charge < -0.3 is 10.2 Å². The van der Waals surface area contributed by atoms with E-state index in [1.807, 2.05) is 9.58 Å². The van der Waals surface area contributed by atoms with Crippen LogP contribution in [-0.4, -0.2) is 39.7 Å². The number of piperidine rings is 1. The summed E-state index contributed by atoms with van der Waals surface area (Å²) in [5, 5.41) is 10.4. The van der Waals surface area contributed by atoms with Crippen molar-refractivity contribution in [2.75, 3.05) is 23.7 Å². The van der Waals surface area contributed by atoms with Crippen molar-refractivity contribution in [3.8, 4) is 0 Å². The van der Waals surface area contributed by atoms with Gasteiger partial charge in [0.15, 0.2) is 0 Å². The SMILES string of the molecule is C=CCCC(=O)N1CCC(n2nccc2NC(=O)Nc2ccccc2Cl)CC1. The summed E-state index contributed by atoms with van der Waals surface area (Å²) in [5.74, 6) is 0.775. The maximum Gasteiger partial charge on any atom is 0.324 e. The number of allylic oxidation sites excluding steroid dienone is 1. The topological polar surface area (TPSA) is 79.3 Å². The summed E-state index contributed by atoms with van der Waals surface area (Å²) in [4.78, 5) is 26.4. The zero-order valence-electron chi connectivity index (χ0n) is 15.6. The van der Waals surface area contributed by atoms with Crippen LogP contribution in [0.3, 0.4) is 0 Å². The Bertz CT molecular complexity index is 843. The van der Waals surface area contributed by atoms with Crippen LogP contribution in [0.4, 0.5) is 16.3 Å². The van der Waals surface area contributed by atoms with Crippen LogP contribution < -0.4 is 10.6 Å². The summed E-state index contributed by atoms with van der Waals surface area (Å²) in [5.41, 5.74) is 0.541. The van der Waals surface area contributed by atoms with Crippen LogP contribution in [0, 0.1) is 0 Å². The summed E-state index contributed by atoms with van der Waals surface area (Å²) >= 11 is 6.08. The molecule has 1 aliphatic rings. The molecule has 7 nitrogen and oxygen atoms in total. The van der Waals surface area contributed by atoms with Gasteiger partial charge in [-0.25, -0.2) is 9.48 Å². The van der Waals surface area contributed by atoms with Crippen LogP contribution in [0.1, 0.15) is 31.7 Å². The van der Waals surface area contributed by atoms with E-state index in [1.54, 1.807) is 42.6 Å². The Morgan fingerprint density at radius 3 is 2.68 bits per heavy atom. The monoisotopic (exact) mass is 401 g/mol. The Balaban J connectivity index is 1.57. The number of nitrogens with one attached hydrogen (secondary N) is 2. The lowest BCUT2D eigenvalue weighted by atomic mass is 10.0. The van der Waals surface area contributed by atoms with Gasteiger partial charge in [-0.2, -0.15) is 5.10 Å². The van der Waals surface area contributed by atoms with Crippen LogP contribution in [0.15, 0.2) is 49.2 Å². The number of rotatable bonds is 6. The van der Waals surface area contributed by atoms with Crippen LogP contribution in [-0.2, 0) is 4.79 Å². The highest BCUT2D eigenvalue weighted by Crippen LogP contribution is 2.26. The predicted molar refractivity (Wildman–Crippen MR) is 111 cm³/mol. The molecule has 3 rings (SSSR count). The minimum Gasteiger partial charge on any atom is -0.343 e. The number of anilines is 2. The molecule has 2 heterocycles. The lowest BCUT2D eigenvalue weighted by Gasteiger charge is -2.32. The van der Waals surface area contributed by atoms with Gasteiger partial charge in [0.2, 0.25) is 5.91 Å². The second-order valence-electron chi connectivity index (χ2n) is 6.66. The van der Waals surface area contributed by atoms with E-state index in [0.717, 1.165) is 12.8 Å². The van der Waals surface area contributed by atoms with Crippen LogP contribution in [0.25, 0.3) is 0 Å². The lowest BCUT2D eigenvalue weighted by molar-refractivity contribution is -0.132. The first-order chi connectivity index (χ1) is 13.6. The molecule has 2 N–H and O–H groups in total. The van der Waals surface area contributed by atoms with E-state index in [9.17, 15) is 9.59 Å². The largest absolute Gasteiger partial charge is 0.343 e. The summed E-state index contributed by atoms with van der Waals surface area (Å²) in [6.45, 7) is 5.03. The quantitative estimate of drug-likeness (QED) is 0.708. The molecule has 0 spiro atoms. The van der Waals surface area contributed by atoms with Crippen molar-refractivity contribution in [2.45, 2.75) is 31.7 Å². The van der Waals surface area contributed by atoms with Gasteiger partial charge in [0.05, 0.1) is 22.9 Å². The Kier molecular flexibility index (Phi) is 6.71. The van der Waals surface area contributed by atoms with E-state index in [4.69, 9.17) is 11.6 Å². The molecule has 0 bridgehead atoms. The number of benzene rings is 1. The van der Waals surface area contributed by atoms with E-state index in [2.05, 4.69) is 22.3 Å². The molecule has 148 valence electrons. The third kappa shape index (κ3) is 4.92. The number of likely N-dealkylation sites (tertiary alicyclic amines) is 1. The fraction of sp³-hybridized carbons (Fsp3) is 0.350. The number of para-hydroxylation sites is 1. The first-order valence-electron chi connectivity index (χ1n) is 9.33. The highest BCUT2D eigenvalue weighted by Gasteiger charge is 2.25. The van der Waals surface area contributed by atoms with E-state index in [-0.39, 0.29) is 18.0 Å². The molecule has 0 saturated carbocycles. The second kappa shape index (κ2) is 9.41. The van der Waals surface area contributed by atoms with Crippen molar-refractivity contribution < 1.29 is 9.59 Å². The minimum absolute atomic E-state index is 0.133. The number of carbonyl (C=O) groups excluding carboxylic acids is 2. The molecule has 3 amide bonds. The number of halogens is 1. The normalized spacial score (nSPS) is 14.5. The molecular weight excluding hydrogens is 378 g/mol. The van der Waals surface area contributed by atoms with Crippen molar-refractivity contribution in [3.63, 3.8) is 0 Å². The van der Waals surface area contributed by atoms with Crippen LogP contribution >= 0.6 is 11.6 Å². The molecule has 1 aromatic heterocycles. The van der Waals surface area contributed by atoms with E-state index in [1.165, 1.54) is 0 Å². The highest BCUT2D eigenvalue weighted by molar-refractivity contribution is 6.33. The van der Waals surface area contributed by atoms with Crippen molar-refractivity contribution >= 4 is 35.0 Å². The number of aromatic nitrogens is 2.